The molecule has 0 saturated carbocycles. The van der Waals surface area contributed by atoms with Crippen LogP contribution in [-0.4, -0.2) is 26.8 Å². The van der Waals surface area contributed by atoms with Crippen LogP contribution in [0.2, 0.25) is 0 Å². The standard InChI is InChI=1S/C11H18N4O2/c1-6-8-7(13-14-9(8)12)5-15(6)10(16)17-11(2,3)4/h6H,5H2,1-4H3,(H3,12,13,14). The third-order valence-corrected chi connectivity index (χ3v) is 2.75. The van der Waals surface area contributed by atoms with Crippen molar-refractivity contribution in [1.82, 2.24) is 15.1 Å². The number of amides is 1. The number of H-pyrrole nitrogens is 1. The summed E-state index contributed by atoms with van der Waals surface area (Å²) >= 11 is 0. The van der Waals surface area contributed by atoms with Crippen molar-refractivity contribution < 1.29 is 9.53 Å². The van der Waals surface area contributed by atoms with Crippen molar-refractivity contribution in [3.05, 3.63) is 11.3 Å². The van der Waals surface area contributed by atoms with Crippen molar-refractivity contribution >= 4 is 11.9 Å². The highest BCUT2D eigenvalue weighted by Crippen LogP contribution is 2.36. The number of aromatic amines is 1. The van der Waals surface area contributed by atoms with Crippen LogP contribution in [0.4, 0.5) is 10.6 Å². The zero-order valence-corrected chi connectivity index (χ0v) is 10.6. The summed E-state index contributed by atoms with van der Waals surface area (Å²) in [5.41, 5.74) is 7.05. The molecule has 17 heavy (non-hydrogen) atoms. The van der Waals surface area contributed by atoms with Gasteiger partial charge in [0.1, 0.15) is 5.60 Å². The van der Waals surface area contributed by atoms with Gasteiger partial charge in [-0.15, -0.1) is 0 Å². The average Bonchev–Trinajstić information content (AvgIpc) is 2.66. The molecule has 0 bridgehead atoms. The second-order valence-electron chi connectivity index (χ2n) is 5.29. The van der Waals surface area contributed by atoms with Crippen LogP contribution in [-0.2, 0) is 11.3 Å². The highest BCUT2D eigenvalue weighted by molar-refractivity contribution is 5.71. The molecule has 0 saturated heterocycles. The van der Waals surface area contributed by atoms with Crippen LogP contribution in [0.3, 0.4) is 0 Å². The summed E-state index contributed by atoms with van der Waals surface area (Å²) in [5.74, 6) is 0.457. The van der Waals surface area contributed by atoms with Gasteiger partial charge in [-0.3, -0.25) is 10.00 Å². The zero-order chi connectivity index (χ0) is 12.8. The van der Waals surface area contributed by atoms with Crippen LogP contribution in [0, 0.1) is 0 Å². The number of aromatic nitrogens is 2. The van der Waals surface area contributed by atoms with Crippen LogP contribution in [0.15, 0.2) is 0 Å². The van der Waals surface area contributed by atoms with Crippen molar-refractivity contribution in [3.8, 4) is 0 Å². The second-order valence-corrected chi connectivity index (χ2v) is 5.29. The molecular weight excluding hydrogens is 220 g/mol. The number of nitrogens with two attached hydrogens (primary N) is 1. The molecule has 3 N–H and O–H groups in total. The van der Waals surface area contributed by atoms with Gasteiger partial charge in [-0.05, 0) is 27.7 Å². The Bertz CT molecular complexity index is 447. The number of hydrogen-bond donors (Lipinski definition) is 2. The van der Waals surface area contributed by atoms with Crippen molar-refractivity contribution in [2.75, 3.05) is 5.73 Å². The Morgan fingerprint density at radius 1 is 1.59 bits per heavy atom. The molecule has 1 atom stereocenters. The number of carbonyl (C=O) groups is 1. The maximum atomic E-state index is 12.0. The van der Waals surface area contributed by atoms with E-state index in [1.54, 1.807) is 4.90 Å². The van der Waals surface area contributed by atoms with Crippen LogP contribution < -0.4 is 5.73 Å². The Balaban J connectivity index is 2.15. The van der Waals surface area contributed by atoms with E-state index in [4.69, 9.17) is 10.5 Å². The zero-order valence-electron chi connectivity index (χ0n) is 10.6. The van der Waals surface area contributed by atoms with Crippen molar-refractivity contribution in [2.45, 2.75) is 45.9 Å². The molecule has 0 radical (unpaired) electrons. The highest BCUT2D eigenvalue weighted by Gasteiger charge is 2.36. The number of nitrogens with zero attached hydrogens (tertiary/aromatic N) is 2. The van der Waals surface area contributed by atoms with Crippen LogP contribution >= 0.6 is 0 Å². The molecule has 1 aromatic heterocycles. The van der Waals surface area contributed by atoms with E-state index in [-0.39, 0.29) is 12.1 Å². The Morgan fingerprint density at radius 2 is 2.24 bits per heavy atom. The van der Waals surface area contributed by atoms with Gasteiger partial charge in [0.15, 0.2) is 5.82 Å². The summed E-state index contributed by atoms with van der Waals surface area (Å²) in [6, 6.07) is -0.0985. The first-order valence-electron chi connectivity index (χ1n) is 5.62. The van der Waals surface area contributed by atoms with Gasteiger partial charge in [0.05, 0.1) is 18.3 Å². The molecule has 2 heterocycles. The molecule has 1 amide bonds. The summed E-state index contributed by atoms with van der Waals surface area (Å²) in [7, 11) is 0. The monoisotopic (exact) mass is 238 g/mol. The summed E-state index contributed by atoms with van der Waals surface area (Å²) in [4.78, 5) is 13.6. The SMILES string of the molecule is CC1c2c(N)n[nH]c2CN1C(=O)OC(C)(C)C. The van der Waals surface area contributed by atoms with E-state index >= 15 is 0 Å². The number of fused-ring (bicyclic) bond motifs is 1. The quantitative estimate of drug-likeness (QED) is 0.721. The molecule has 1 aliphatic heterocycles. The van der Waals surface area contributed by atoms with Crippen molar-refractivity contribution in [1.29, 1.82) is 0 Å². The summed E-state index contributed by atoms with van der Waals surface area (Å²) in [5, 5.41) is 6.77. The van der Waals surface area contributed by atoms with Gasteiger partial charge < -0.3 is 10.5 Å². The molecule has 0 fully saturated rings. The van der Waals surface area contributed by atoms with E-state index in [2.05, 4.69) is 10.2 Å². The number of ether oxygens (including phenoxy) is 1. The first kappa shape index (κ1) is 11.8. The number of nitrogen functional groups attached to an aromatic ring is 1. The minimum atomic E-state index is -0.489. The smallest absolute Gasteiger partial charge is 0.411 e. The van der Waals surface area contributed by atoms with E-state index < -0.39 is 5.60 Å². The molecule has 0 aromatic carbocycles. The molecule has 1 aromatic rings. The fourth-order valence-corrected chi connectivity index (χ4v) is 2.00. The fraction of sp³-hybridized carbons (Fsp3) is 0.636. The molecule has 6 heteroatoms. The molecule has 94 valence electrons. The third kappa shape index (κ3) is 2.07. The van der Waals surface area contributed by atoms with Crippen LogP contribution in [0.1, 0.15) is 45.0 Å². The summed E-state index contributed by atoms with van der Waals surface area (Å²) in [6.07, 6.45) is -0.325. The topological polar surface area (TPSA) is 84.2 Å². The normalized spacial score (nSPS) is 19.3. The number of hydrogen-bond acceptors (Lipinski definition) is 4. The summed E-state index contributed by atoms with van der Waals surface area (Å²) in [6.45, 7) is 7.93. The number of rotatable bonds is 0. The van der Waals surface area contributed by atoms with E-state index in [1.165, 1.54) is 0 Å². The molecule has 2 rings (SSSR count). The molecule has 0 spiro atoms. The number of carbonyl (C=O) groups excluding carboxylic acids is 1. The first-order chi connectivity index (χ1) is 7.79. The maximum Gasteiger partial charge on any atom is 0.411 e. The Morgan fingerprint density at radius 3 is 2.76 bits per heavy atom. The van der Waals surface area contributed by atoms with Gasteiger partial charge in [-0.2, -0.15) is 5.10 Å². The van der Waals surface area contributed by atoms with Gasteiger partial charge in [0, 0.05) is 5.56 Å². The Labute approximate surface area is 100 Å². The largest absolute Gasteiger partial charge is 0.444 e. The van der Waals surface area contributed by atoms with E-state index in [9.17, 15) is 4.79 Å². The lowest BCUT2D eigenvalue weighted by molar-refractivity contribution is 0.0185. The van der Waals surface area contributed by atoms with Gasteiger partial charge in [-0.25, -0.2) is 4.79 Å². The molecule has 1 aliphatic rings. The predicted molar refractivity (Wildman–Crippen MR) is 63.2 cm³/mol. The molecule has 0 aliphatic carbocycles. The molecular formula is C11H18N4O2. The van der Waals surface area contributed by atoms with Gasteiger partial charge >= 0.3 is 6.09 Å². The fourth-order valence-electron chi connectivity index (χ4n) is 2.00. The molecule has 6 nitrogen and oxygen atoms in total. The Kier molecular flexibility index (Phi) is 2.52. The number of anilines is 1. The average molecular weight is 238 g/mol. The molecule has 1 unspecified atom stereocenters. The lowest BCUT2D eigenvalue weighted by atomic mass is 10.1. The van der Waals surface area contributed by atoms with Crippen molar-refractivity contribution in [2.24, 2.45) is 0 Å². The Hall–Kier alpha value is -1.72. The highest BCUT2D eigenvalue weighted by atomic mass is 16.6. The third-order valence-electron chi connectivity index (χ3n) is 2.75. The predicted octanol–water partition coefficient (Wildman–Crippen LogP) is 1.80. The first-order valence-corrected chi connectivity index (χ1v) is 5.62. The van der Waals surface area contributed by atoms with E-state index in [1.807, 2.05) is 27.7 Å². The maximum absolute atomic E-state index is 12.0. The van der Waals surface area contributed by atoms with Gasteiger partial charge in [-0.1, -0.05) is 0 Å². The minimum Gasteiger partial charge on any atom is -0.444 e. The lowest BCUT2D eigenvalue weighted by Crippen LogP contribution is -2.35. The minimum absolute atomic E-state index is 0.0985. The van der Waals surface area contributed by atoms with Crippen molar-refractivity contribution in [3.63, 3.8) is 0 Å². The lowest BCUT2D eigenvalue weighted by Gasteiger charge is -2.27. The van der Waals surface area contributed by atoms with E-state index in [0.717, 1.165) is 11.3 Å². The van der Waals surface area contributed by atoms with Gasteiger partial charge in [0.25, 0.3) is 0 Å². The van der Waals surface area contributed by atoms with E-state index in [0.29, 0.717) is 12.4 Å². The summed E-state index contributed by atoms with van der Waals surface area (Å²) < 4.78 is 5.34. The van der Waals surface area contributed by atoms with Crippen LogP contribution in [0.5, 0.6) is 0 Å². The van der Waals surface area contributed by atoms with Gasteiger partial charge in [0.2, 0.25) is 0 Å². The second kappa shape index (κ2) is 3.65. The van der Waals surface area contributed by atoms with Crippen LogP contribution in [0.25, 0.3) is 0 Å². The number of nitrogens with one attached hydrogen (secondary N) is 1.